The molecule has 1 fully saturated rings. The zero-order chi connectivity index (χ0) is 14.2. The molecular formula is C17H26N2S. The molecule has 3 heteroatoms. The van der Waals surface area contributed by atoms with Gasteiger partial charge in [0.05, 0.1) is 6.54 Å². The van der Waals surface area contributed by atoms with Crippen molar-refractivity contribution in [3.05, 3.63) is 21.9 Å². The molecule has 20 heavy (non-hydrogen) atoms. The molecule has 2 rings (SSSR count). The van der Waals surface area contributed by atoms with Crippen LogP contribution < -0.4 is 5.73 Å². The van der Waals surface area contributed by atoms with E-state index in [1.54, 1.807) is 0 Å². The second-order valence-corrected chi connectivity index (χ2v) is 6.63. The van der Waals surface area contributed by atoms with Crippen LogP contribution >= 0.6 is 11.3 Å². The van der Waals surface area contributed by atoms with Crippen molar-refractivity contribution >= 4 is 11.3 Å². The van der Waals surface area contributed by atoms with Gasteiger partial charge in [0.15, 0.2) is 0 Å². The summed E-state index contributed by atoms with van der Waals surface area (Å²) in [5.41, 5.74) is 6.64. The molecule has 1 atom stereocenters. The van der Waals surface area contributed by atoms with Gasteiger partial charge in [0.2, 0.25) is 0 Å². The van der Waals surface area contributed by atoms with Gasteiger partial charge in [-0.25, -0.2) is 0 Å². The van der Waals surface area contributed by atoms with Crippen LogP contribution in [0.4, 0.5) is 0 Å². The van der Waals surface area contributed by atoms with Gasteiger partial charge in [0.25, 0.3) is 0 Å². The zero-order valence-electron chi connectivity index (χ0n) is 12.5. The van der Waals surface area contributed by atoms with E-state index >= 15 is 0 Å². The topological polar surface area (TPSA) is 29.3 Å². The lowest BCUT2D eigenvalue weighted by molar-refractivity contribution is 0.273. The van der Waals surface area contributed by atoms with Crippen molar-refractivity contribution in [1.29, 1.82) is 0 Å². The summed E-state index contributed by atoms with van der Waals surface area (Å²) in [7, 11) is 0. The summed E-state index contributed by atoms with van der Waals surface area (Å²) < 4.78 is 0. The summed E-state index contributed by atoms with van der Waals surface area (Å²) in [6, 6.07) is 2.13. The predicted molar refractivity (Wildman–Crippen MR) is 87.8 cm³/mol. The van der Waals surface area contributed by atoms with Crippen LogP contribution in [0, 0.1) is 17.8 Å². The van der Waals surface area contributed by atoms with E-state index in [9.17, 15) is 0 Å². The second kappa shape index (κ2) is 8.46. The monoisotopic (exact) mass is 290 g/mol. The Morgan fingerprint density at radius 2 is 2.30 bits per heavy atom. The molecule has 1 saturated heterocycles. The van der Waals surface area contributed by atoms with Crippen LogP contribution in [0.1, 0.15) is 49.5 Å². The normalized spacial score (nSPS) is 20.2. The Labute approximate surface area is 127 Å². The van der Waals surface area contributed by atoms with Crippen molar-refractivity contribution in [2.45, 2.75) is 45.6 Å². The fourth-order valence-electron chi connectivity index (χ4n) is 3.00. The van der Waals surface area contributed by atoms with Gasteiger partial charge in [-0.15, -0.1) is 11.3 Å². The van der Waals surface area contributed by atoms with Gasteiger partial charge in [-0.1, -0.05) is 31.6 Å². The number of thiophene rings is 1. The van der Waals surface area contributed by atoms with Gasteiger partial charge in [-0.05, 0) is 49.7 Å². The van der Waals surface area contributed by atoms with Crippen LogP contribution in [-0.4, -0.2) is 24.5 Å². The van der Waals surface area contributed by atoms with E-state index in [0.717, 1.165) is 12.5 Å². The second-order valence-electron chi connectivity index (χ2n) is 5.63. The molecule has 1 aliphatic heterocycles. The standard InChI is InChI=1S/C17H26N2S/c1-2-5-15-6-4-11-19(12-8-15)14-17-16(7-3-10-18)9-13-20-17/h9,13,15H,2,4-6,8,10-12,14,18H2,1H3. The molecule has 1 aromatic rings. The molecular weight excluding hydrogens is 264 g/mol. The maximum absolute atomic E-state index is 5.46. The third-order valence-electron chi connectivity index (χ3n) is 4.07. The first kappa shape index (κ1) is 15.6. The molecule has 0 aromatic carbocycles. The molecule has 2 nitrogen and oxygen atoms in total. The van der Waals surface area contributed by atoms with Crippen LogP contribution in [0.25, 0.3) is 0 Å². The molecule has 2 heterocycles. The molecule has 1 aromatic heterocycles. The van der Waals surface area contributed by atoms with Crippen LogP contribution in [0.15, 0.2) is 11.4 Å². The summed E-state index contributed by atoms with van der Waals surface area (Å²) in [5.74, 6) is 7.12. The Balaban J connectivity index is 1.91. The number of rotatable bonds is 4. The average Bonchev–Trinajstić information content (AvgIpc) is 2.77. The largest absolute Gasteiger partial charge is 0.320 e. The van der Waals surface area contributed by atoms with Crippen LogP contribution in [0.5, 0.6) is 0 Å². The highest BCUT2D eigenvalue weighted by Gasteiger charge is 2.17. The number of nitrogens with two attached hydrogens (primary N) is 1. The van der Waals surface area contributed by atoms with Gasteiger partial charge < -0.3 is 5.73 Å². The lowest BCUT2D eigenvalue weighted by Gasteiger charge is -2.19. The molecule has 0 amide bonds. The molecule has 110 valence electrons. The van der Waals surface area contributed by atoms with Gasteiger partial charge in [0, 0.05) is 17.0 Å². The Hall–Kier alpha value is -0.820. The fourth-order valence-corrected chi connectivity index (χ4v) is 3.88. The summed E-state index contributed by atoms with van der Waals surface area (Å²) >= 11 is 1.83. The van der Waals surface area contributed by atoms with E-state index in [2.05, 4.69) is 35.1 Å². The van der Waals surface area contributed by atoms with E-state index < -0.39 is 0 Å². The first-order valence-electron chi connectivity index (χ1n) is 7.81. The van der Waals surface area contributed by atoms with E-state index in [-0.39, 0.29) is 0 Å². The smallest absolute Gasteiger partial charge is 0.0555 e. The average molecular weight is 290 g/mol. The van der Waals surface area contributed by atoms with Crippen LogP contribution in [-0.2, 0) is 6.54 Å². The van der Waals surface area contributed by atoms with Gasteiger partial charge in [-0.2, -0.15) is 0 Å². The van der Waals surface area contributed by atoms with Crippen molar-refractivity contribution in [3.63, 3.8) is 0 Å². The third-order valence-corrected chi connectivity index (χ3v) is 4.98. The minimum atomic E-state index is 0.442. The lowest BCUT2D eigenvalue weighted by Crippen LogP contribution is -2.24. The Kier molecular flexibility index (Phi) is 6.59. The Morgan fingerprint density at radius 1 is 1.40 bits per heavy atom. The minimum Gasteiger partial charge on any atom is -0.320 e. The highest BCUT2D eigenvalue weighted by molar-refractivity contribution is 7.10. The maximum Gasteiger partial charge on any atom is 0.0555 e. The first-order valence-corrected chi connectivity index (χ1v) is 8.69. The summed E-state index contributed by atoms with van der Waals surface area (Å²) in [6.45, 7) is 6.29. The number of hydrogen-bond donors (Lipinski definition) is 1. The van der Waals surface area contributed by atoms with E-state index in [0.29, 0.717) is 6.54 Å². The van der Waals surface area contributed by atoms with Crippen LogP contribution in [0.3, 0.4) is 0 Å². The SMILES string of the molecule is CCCC1CCCN(Cc2sccc2C#CCN)CC1. The fraction of sp³-hybridized carbons (Fsp3) is 0.647. The molecule has 0 bridgehead atoms. The molecule has 1 unspecified atom stereocenters. The summed E-state index contributed by atoms with van der Waals surface area (Å²) in [6.07, 6.45) is 6.85. The highest BCUT2D eigenvalue weighted by atomic mass is 32.1. The zero-order valence-corrected chi connectivity index (χ0v) is 13.3. The quantitative estimate of drug-likeness (QED) is 0.861. The summed E-state index contributed by atoms with van der Waals surface area (Å²) in [5, 5.41) is 2.15. The number of likely N-dealkylation sites (tertiary alicyclic amines) is 1. The van der Waals surface area contributed by atoms with Crippen molar-refractivity contribution in [2.75, 3.05) is 19.6 Å². The van der Waals surface area contributed by atoms with Gasteiger partial charge in [-0.3, -0.25) is 4.90 Å². The third kappa shape index (κ3) is 4.63. The highest BCUT2D eigenvalue weighted by Crippen LogP contribution is 2.24. The number of nitrogens with zero attached hydrogens (tertiary/aromatic N) is 1. The van der Waals surface area contributed by atoms with Crippen LogP contribution in [0.2, 0.25) is 0 Å². The lowest BCUT2D eigenvalue weighted by atomic mass is 9.96. The molecule has 0 aliphatic carbocycles. The van der Waals surface area contributed by atoms with E-state index in [4.69, 9.17) is 5.73 Å². The molecule has 2 N–H and O–H groups in total. The molecule has 0 radical (unpaired) electrons. The number of hydrogen-bond acceptors (Lipinski definition) is 3. The predicted octanol–water partition coefficient (Wildman–Crippen LogP) is 3.46. The minimum absolute atomic E-state index is 0.442. The molecule has 0 spiro atoms. The van der Waals surface area contributed by atoms with E-state index in [1.165, 1.54) is 55.6 Å². The Morgan fingerprint density at radius 3 is 3.10 bits per heavy atom. The van der Waals surface area contributed by atoms with Gasteiger partial charge in [0.1, 0.15) is 0 Å². The summed E-state index contributed by atoms with van der Waals surface area (Å²) in [4.78, 5) is 4.01. The first-order chi connectivity index (χ1) is 9.83. The van der Waals surface area contributed by atoms with Crippen molar-refractivity contribution in [1.82, 2.24) is 4.90 Å². The van der Waals surface area contributed by atoms with Crippen molar-refractivity contribution in [2.24, 2.45) is 11.7 Å². The molecule has 0 saturated carbocycles. The maximum atomic E-state index is 5.46. The van der Waals surface area contributed by atoms with Gasteiger partial charge >= 0.3 is 0 Å². The van der Waals surface area contributed by atoms with Crippen molar-refractivity contribution in [3.8, 4) is 11.8 Å². The van der Waals surface area contributed by atoms with E-state index in [1.807, 2.05) is 11.3 Å². The van der Waals surface area contributed by atoms with Crippen molar-refractivity contribution < 1.29 is 0 Å². The molecule has 1 aliphatic rings. The Bertz CT molecular complexity index is 455.